The fraction of sp³-hybridized carbons (Fsp3) is 0.320. The van der Waals surface area contributed by atoms with Crippen LogP contribution >= 0.6 is 9.24 Å². The Morgan fingerprint density at radius 3 is 1.94 bits per heavy atom. The lowest BCUT2D eigenvalue weighted by atomic mass is 9.84. The summed E-state index contributed by atoms with van der Waals surface area (Å²) in [5.74, 6) is -0.0235. The van der Waals surface area contributed by atoms with Crippen molar-refractivity contribution in [1.29, 1.82) is 0 Å². The van der Waals surface area contributed by atoms with Gasteiger partial charge < -0.3 is 10.6 Å². The van der Waals surface area contributed by atoms with E-state index in [4.69, 9.17) is 0 Å². The van der Waals surface area contributed by atoms with E-state index in [0.717, 1.165) is 16.4 Å². The highest BCUT2D eigenvalue weighted by Gasteiger charge is 2.23. The number of carbonyl (C=O) groups is 1. The highest BCUT2D eigenvalue weighted by Crippen LogP contribution is 2.24. The second kappa shape index (κ2) is 9.74. The van der Waals surface area contributed by atoms with Gasteiger partial charge in [-0.1, -0.05) is 64.1 Å². The first-order valence-corrected chi connectivity index (χ1v) is 11.1. The van der Waals surface area contributed by atoms with Crippen LogP contribution in [0.5, 0.6) is 0 Å². The lowest BCUT2D eigenvalue weighted by molar-refractivity contribution is 0.0945. The zero-order valence-electron chi connectivity index (χ0n) is 18.9. The molecule has 1 atom stereocenters. The number of benzene rings is 2. The van der Waals surface area contributed by atoms with Gasteiger partial charge in [0.05, 0.1) is 5.56 Å². The summed E-state index contributed by atoms with van der Waals surface area (Å²) in [4.78, 5) is 21.1. The van der Waals surface area contributed by atoms with Crippen LogP contribution in [0.4, 0.5) is 10.3 Å². The van der Waals surface area contributed by atoms with Crippen LogP contribution in [0.3, 0.4) is 0 Å². The van der Waals surface area contributed by atoms with Crippen molar-refractivity contribution >= 4 is 26.4 Å². The summed E-state index contributed by atoms with van der Waals surface area (Å²) >= 11 is 0. The van der Waals surface area contributed by atoms with Gasteiger partial charge in [0.15, 0.2) is 0 Å². The van der Waals surface area contributed by atoms with E-state index in [-0.39, 0.29) is 22.6 Å². The van der Waals surface area contributed by atoms with E-state index in [1.165, 1.54) is 24.5 Å². The first-order valence-electron chi connectivity index (χ1n) is 10.5. The summed E-state index contributed by atoms with van der Waals surface area (Å²) in [6.45, 7) is 9.36. The topological polar surface area (TPSA) is 66.9 Å². The van der Waals surface area contributed by atoms with E-state index >= 15 is 0 Å². The molecule has 1 heterocycles. The monoisotopic (exact) mass is 452 g/mol. The zero-order valence-corrected chi connectivity index (χ0v) is 20.1. The average molecular weight is 453 g/mol. The number of amides is 1. The van der Waals surface area contributed by atoms with E-state index in [1.54, 1.807) is 12.1 Å². The average Bonchev–Trinajstić information content (AvgIpc) is 2.77. The molecule has 0 bridgehead atoms. The number of hydrogen-bond acceptors (Lipinski definition) is 4. The number of aromatic nitrogens is 2. The fourth-order valence-electron chi connectivity index (χ4n) is 3.28. The zero-order chi connectivity index (χ0) is 23.4. The number of halogens is 1. The molecule has 1 aromatic heterocycles. The second-order valence-corrected chi connectivity index (χ2v) is 9.89. The third-order valence-electron chi connectivity index (χ3n) is 5.61. The summed E-state index contributed by atoms with van der Waals surface area (Å²) in [6.07, 6.45) is 3.04. The van der Waals surface area contributed by atoms with Gasteiger partial charge in [0, 0.05) is 36.3 Å². The number of nitrogens with zero attached hydrogens (tertiary/aromatic N) is 2. The van der Waals surface area contributed by atoms with E-state index in [2.05, 4.69) is 69.7 Å². The van der Waals surface area contributed by atoms with E-state index < -0.39 is 0 Å². The standard InChI is InChI=1S/C25H30FN4OP/c1-24(2,19-7-11-21(32)12-8-19)15-29-22(31)17-13-27-23(28-14-17)30-16-25(3,4)18-5-9-20(26)10-6-18/h5-14H,15-16,32H2,1-4H3,(H,29,31)(H,27,28,30). The van der Waals surface area contributed by atoms with Crippen molar-refractivity contribution in [3.05, 3.63) is 83.4 Å². The Hall–Kier alpha value is -2.85. The minimum absolute atomic E-state index is 0.206. The van der Waals surface area contributed by atoms with Crippen molar-refractivity contribution in [2.45, 2.75) is 38.5 Å². The molecule has 1 amide bonds. The molecule has 2 N–H and O–H groups in total. The van der Waals surface area contributed by atoms with Crippen molar-refractivity contribution in [3.63, 3.8) is 0 Å². The molecule has 0 fully saturated rings. The molecule has 0 radical (unpaired) electrons. The lowest BCUT2D eigenvalue weighted by Gasteiger charge is -2.26. The van der Waals surface area contributed by atoms with Gasteiger partial charge in [-0.25, -0.2) is 14.4 Å². The summed E-state index contributed by atoms with van der Waals surface area (Å²) < 4.78 is 13.2. The van der Waals surface area contributed by atoms with Crippen LogP contribution in [-0.2, 0) is 10.8 Å². The van der Waals surface area contributed by atoms with Crippen LogP contribution in [0.1, 0.15) is 49.2 Å². The number of anilines is 1. The maximum Gasteiger partial charge on any atom is 0.254 e. The molecule has 32 heavy (non-hydrogen) atoms. The Labute approximate surface area is 191 Å². The van der Waals surface area contributed by atoms with Crippen LogP contribution in [-0.4, -0.2) is 29.0 Å². The molecule has 1 unspecified atom stereocenters. The minimum atomic E-state index is -0.254. The maximum absolute atomic E-state index is 13.2. The minimum Gasteiger partial charge on any atom is -0.353 e. The van der Waals surface area contributed by atoms with E-state index in [9.17, 15) is 9.18 Å². The molecule has 0 saturated carbocycles. The quantitative estimate of drug-likeness (QED) is 0.503. The highest BCUT2D eigenvalue weighted by molar-refractivity contribution is 7.27. The fourth-order valence-corrected chi connectivity index (χ4v) is 3.47. The molecule has 3 aromatic rings. The Bertz CT molecular complexity index is 1050. The van der Waals surface area contributed by atoms with Crippen LogP contribution in [0.25, 0.3) is 0 Å². The van der Waals surface area contributed by atoms with Gasteiger partial charge in [-0.05, 0) is 28.6 Å². The van der Waals surface area contributed by atoms with Crippen molar-refractivity contribution in [2.75, 3.05) is 18.4 Å². The van der Waals surface area contributed by atoms with Gasteiger partial charge in [0.25, 0.3) is 5.91 Å². The molecule has 3 rings (SSSR count). The van der Waals surface area contributed by atoms with Crippen molar-refractivity contribution < 1.29 is 9.18 Å². The third-order valence-corrected chi connectivity index (χ3v) is 6.00. The van der Waals surface area contributed by atoms with Crippen molar-refractivity contribution in [2.24, 2.45) is 0 Å². The van der Waals surface area contributed by atoms with Crippen LogP contribution < -0.4 is 15.9 Å². The number of carbonyl (C=O) groups excluding carboxylic acids is 1. The molecule has 2 aromatic carbocycles. The predicted octanol–water partition coefficient (Wildman–Crippen LogP) is 4.21. The highest BCUT2D eigenvalue weighted by atomic mass is 31.0. The van der Waals surface area contributed by atoms with Crippen LogP contribution in [0, 0.1) is 5.82 Å². The second-order valence-electron chi connectivity index (χ2n) is 9.23. The van der Waals surface area contributed by atoms with Gasteiger partial charge in [0.1, 0.15) is 5.82 Å². The molecule has 0 saturated heterocycles. The summed E-state index contributed by atoms with van der Waals surface area (Å²) in [5.41, 5.74) is 2.13. The first kappa shape index (κ1) is 23.8. The summed E-state index contributed by atoms with van der Waals surface area (Å²) in [7, 11) is 2.67. The third kappa shape index (κ3) is 6.10. The van der Waals surface area contributed by atoms with Gasteiger partial charge in [-0.15, -0.1) is 9.24 Å². The largest absolute Gasteiger partial charge is 0.353 e. The Balaban J connectivity index is 1.56. The Kier molecular flexibility index (Phi) is 7.25. The Morgan fingerprint density at radius 1 is 0.875 bits per heavy atom. The molecule has 7 heteroatoms. The number of rotatable bonds is 8. The number of nitrogens with one attached hydrogen (secondary N) is 2. The summed E-state index contributed by atoms with van der Waals surface area (Å²) in [5, 5.41) is 7.30. The van der Waals surface area contributed by atoms with Crippen molar-refractivity contribution in [1.82, 2.24) is 15.3 Å². The van der Waals surface area contributed by atoms with Gasteiger partial charge >= 0.3 is 0 Å². The predicted molar refractivity (Wildman–Crippen MR) is 131 cm³/mol. The molecule has 0 aliphatic carbocycles. The molecular formula is C25H30FN4OP. The molecule has 0 aliphatic rings. The normalized spacial score (nSPS) is 11.8. The SMILES string of the molecule is CC(C)(CNC(=O)c1cnc(NCC(C)(C)c2ccc(F)cc2)nc1)c1ccc(P)cc1. The molecular weight excluding hydrogens is 422 g/mol. The van der Waals surface area contributed by atoms with Crippen molar-refractivity contribution in [3.8, 4) is 0 Å². The molecule has 168 valence electrons. The summed E-state index contributed by atoms with van der Waals surface area (Å²) in [6, 6.07) is 14.7. The van der Waals surface area contributed by atoms with Crippen LogP contribution in [0.15, 0.2) is 60.9 Å². The molecule has 0 aliphatic heterocycles. The smallest absolute Gasteiger partial charge is 0.254 e. The Morgan fingerprint density at radius 2 is 1.38 bits per heavy atom. The number of hydrogen-bond donors (Lipinski definition) is 2. The van der Waals surface area contributed by atoms with E-state index in [1.807, 2.05) is 12.1 Å². The van der Waals surface area contributed by atoms with Crippen LogP contribution in [0.2, 0.25) is 0 Å². The van der Waals surface area contributed by atoms with Gasteiger partial charge in [0.2, 0.25) is 5.95 Å². The van der Waals surface area contributed by atoms with Gasteiger partial charge in [-0.3, -0.25) is 4.79 Å². The molecule has 0 spiro atoms. The van der Waals surface area contributed by atoms with E-state index in [0.29, 0.717) is 24.6 Å². The first-order chi connectivity index (χ1) is 15.1. The maximum atomic E-state index is 13.2. The lowest BCUT2D eigenvalue weighted by Crippen LogP contribution is -2.36. The molecule has 5 nitrogen and oxygen atoms in total. The van der Waals surface area contributed by atoms with Gasteiger partial charge in [-0.2, -0.15) is 0 Å².